The van der Waals surface area contributed by atoms with Crippen molar-refractivity contribution < 1.29 is 22.7 Å². The lowest BCUT2D eigenvalue weighted by atomic mass is 10.2. The Morgan fingerprint density at radius 3 is 2.57 bits per heavy atom. The van der Waals surface area contributed by atoms with Crippen LogP contribution in [0.25, 0.3) is 0 Å². The molecule has 0 aliphatic carbocycles. The first-order valence-corrected chi connectivity index (χ1v) is 8.52. The van der Waals surface area contributed by atoms with Crippen molar-refractivity contribution in [2.75, 3.05) is 27.4 Å². The molecule has 0 bridgehead atoms. The van der Waals surface area contributed by atoms with E-state index in [1.165, 1.54) is 26.4 Å². The van der Waals surface area contributed by atoms with Crippen LogP contribution in [0.1, 0.15) is 10.4 Å². The summed E-state index contributed by atoms with van der Waals surface area (Å²) in [5.41, 5.74) is 0.0191. The van der Waals surface area contributed by atoms with Gasteiger partial charge in [-0.3, -0.25) is 4.79 Å². The molecule has 0 heterocycles. The molecular weight excluding hydrogens is 341 g/mol. The Balaban J connectivity index is 2.87. The number of methoxy groups -OCH3 is 2. The van der Waals surface area contributed by atoms with Crippen LogP contribution in [-0.2, 0) is 18.5 Å². The van der Waals surface area contributed by atoms with Crippen LogP contribution in [0.5, 0.6) is 0 Å². The minimum Gasteiger partial charge on any atom is -0.382 e. The fourth-order valence-electron chi connectivity index (χ4n) is 1.53. The van der Waals surface area contributed by atoms with Crippen LogP contribution in [0.3, 0.4) is 0 Å². The fraction of sp³-hybridized carbons (Fsp3) is 0.417. The minimum absolute atomic E-state index is 0.0191. The lowest BCUT2D eigenvalue weighted by molar-refractivity contribution is 0.0285. The average molecular weight is 356 g/mol. The topological polar surface area (TPSA) is 81.7 Å². The van der Waals surface area contributed by atoms with Crippen LogP contribution >= 0.6 is 22.3 Å². The molecule has 1 amide bonds. The number of hydrogen-bond acceptors (Lipinski definition) is 5. The monoisotopic (exact) mass is 355 g/mol. The highest BCUT2D eigenvalue weighted by molar-refractivity contribution is 8.13. The van der Waals surface area contributed by atoms with E-state index in [0.29, 0.717) is 6.61 Å². The lowest BCUT2D eigenvalue weighted by Crippen LogP contribution is -2.35. The largest absolute Gasteiger partial charge is 0.382 e. The lowest BCUT2D eigenvalue weighted by Gasteiger charge is -2.15. The van der Waals surface area contributed by atoms with Gasteiger partial charge in [0.15, 0.2) is 0 Å². The third-order valence-electron chi connectivity index (χ3n) is 2.64. The molecule has 1 rings (SSSR count). The molecule has 9 heteroatoms. The van der Waals surface area contributed by atoms with E-state index >= 15 is 0 Å². The maximum absolute atomic E-state index is 12.0. The summed E-state index contributed by atoms with van der Waals surface area (Å²) in [6, 6.07) is 3.65. The van der Waals surface area contributed by atoms with Crippen molar-refractivity contribution in [1.82, 2.24) is 5.32 Å². The molecule has 0 aliphatic rings. The summed E-state index contributed by atoms with van der Waals surface area (Å²) in [7, 11) is 4.31. The molecule has 118 valence electrons. The first-order chi connectivity index (χ1) is 9.79. The Hall–Kier alpha value is -0.860. The number of nitrogens with one attached hydrogen (secondary N) is 1. The Bertz CT molecular complexity index is 606. The van der Waals surface area contributed by atoms with Crippen molar-refractivity contribution in [3.05, 3.63) is 28.8 Å². The second-order valence-electron chi connectivity index (χ2n) is 4.10. The number of carbonyl (C=O) groups is 1. The molecule has 1 N–H and O–H groups in total. The normalized spacial score (nSPS) is 13.0. The van der Waals surface area contributed by atoms with Crippen LogP contribution in [0, 0.1) is 0 Å². The van der Waals surface area contributed by atoms with Gasteiger partial charge in [-0.25, -0.2) is 8.42 Å². The minimum atomic E-state index is -3.93. The standard InChI is InChI=1S/C12H15Cl2NO5S/c1-19-7-8(20-2)6-15-12(16)10-5-9(21(14,17)18)3-4-11(10)13/h3-5,8H,6-7H2,1-2H3,(H,15,16). The van der Waals surface area contributed by atoms with Crippen LogP contribution in [0.4, 0.5) is 0 Å². The first-order valence-electron chi connectivity index (χ1n) is 5.83. The molecule has 0 saturated heterocycles. The van der Waals surface area contributed by atoms with Crippen LogP contribution in [0.2, 0.25) is 5.02 Å². The number of amides is 1. The molecule has 1 atom stereocenters. The predicted octanol–water partition coefficient (Wildman–Crippen LogP) is 1.66. The molecule has 21 heavy (non-hydrogen) atoms. The van der Waals surface area contributed by atoms with Crippen LogP contribution < -0.4 is 5.32 Å². The first kappa shape index (κ1) is 18.2. The molecule has 6 nitrogen and oxygen atoms in total. The fourth-order valence-corrected chi connectivity index (χ4v) is 2.51. The van der Waals surface area contributed by atoms with Gasteiger partial charge in [0.1, 0.15) is 0 Å². The molecule has 1 aromatic carbocycles. The van der Waals surface area contributed by atoms with Crippen molar-refractivity contribution in [3.8, 4) is 0 Å². The van der Waals surface area contributed by atoms with E-state index in [1.54, 1.807) is 0 Å². The van der Waals surface area contributed by atoms with E-state index in [0.717, 1.165) is 6.07 Å². The third-order valence-corrected chi connectivity index (χ3v) is 4.32. The number of carbonyl (C=O) groups excluding carboxylic acids is 1. The zero-order valence-electron chi connectivity index (χ0n) is 11.4. The molecule has 0 aromatic heterocycles. The van der Waals surface area contributed by atoms with E-state index in [1.807, 2.05) is 0 Å². The molecule has 0 fully saturated rings. The molecular formula is C12H15Cl2NO5S. The summed E-state index contributed by atoms with van der Waals surface area (Å²) in [4.78, 5) is 11.8. The smallest absolute Gasteiger partial charge is 0.261 e. The quantitative estimate of drug-likeness (QED) is 0.752. The van der Waals surface area contributed by atoms with E-state index in [9.17, 15) is 13.2 Å². The SMILES string of the molecule is COCC(CNC(=O)c1cc(S(=O)(=O)Cl)ccc1Cl)OC. The summed E-state index contributed by atoms with van der Waals surface area (Å²) in [5.74, 6) is -0.527. The highest BCUT2D eigenvalue weighted by Gasteiger charge is 2.17. The van der Waals surface area contributed by atoms with Gasteiger partial charge in [0.05, 0.1) is 28.2 Å². The Kier molecular flexibility index (Phi) is 6.89. The zero-order chi connectivity index (χ0) is 16.0. The van der Waals surface area contributed by atoms with Gasteiger partial charge in [-0.2, -0.15) is 0 Å². The number of benzene rings is 1. The van der Waals surface area contributed by atoms with E-state index in [2.05, 4.69) is 5.32 Å². The highest BCUT2D eigenvalue weighted by Crippen LogP contribution is 2.22. The number of rotatable bonds is 7. The van der Waals surface area contributed by atoms with E-state index < -0.39 is 15.0 Å². The molecule has 0 aliphatic heterocycles. The summed E-state index contributed by atoms with van der Waals surface area (Å²) in [5, 5.41) is 2.71. The van der Waals surface area contributed by atoms with Gasteiger partial charge in [0.2, 0.25) is 0 Å². The molecule has 0 spiro atoms. The maximum atomic E-state index is 12.0. The Morgan fingerprint density at radius 1 is 1.38 bits per heavy atom. The van der Waals surface area contributed by atoms with Crippen molar-refractivity contribution in [1.29, 1.82) is 0 Å². The van der Waals surface area contributed by atoms with Gasteiger partial charge < -0.3 is 14.8 Å². The Labute approximate surface area is 132 Å². The highest BCUT2D eigenvalue weighted by atomic mass is 35.7. The van der Waals surface area contributed by atoms with Crippen LogP contribution in [0.15, 0.2) is 23.1 Å². The summed E-state index contributed by atoms with van der Waals surface area (Å²) >= 11 is 5.90. The van der Waals surface area contributed by atoms with Gasteiger partial charge in [-0.1, -0.05) is 11.6 Å². The van der Waals surface area contributed by atoms with E-state index in [-0.39, 0.29) is 28.1 Å². The third kappa shape index (κ3) is 5.44. The molecule has 1 aromatic rings. The van der Waals surface area contributed by atoms with Crippen molar-refractivity contribution in [2.45, 2.75) is 11.0 Å². The van der Waals surface area contributed by atoms with E-state index in [4.69, 9.17) is 31.8 Å². The number of ether oxygens (including phenoxy) is 2. The van der Waals surface area contributed by atoms with Crippen molar-refractivity contribution in [2.24, 2.45) is 0 Å². The van der Waals surface area contributed by atoms with Gasteiger partial charge in [-0.15, -0.1) is 0 Å². The van der Waals surface area contributed by atoms with Gasteiger partial charge >= 0.3 is 0 Å². The van der Waals surface area contributed by atoms with Gasteiger partial charge in [-0.05, 0) is 18.2 Å². The predicted molar refractivity (Wildman–Crippen MR) is 79.5 cm³/mol. The second-order valence-corrected chi connectivity index (χ2v) is 7.08. The maximum Gasteiger partial charge on any atom is 0.261 e. The molecule has 0 radical (unpaired) electrons. The second kappa shape index (κ2) is 7.95. The zero-order valence-corrected chi connectivity index (χ0v) is 13.8. The van der Waals surface area contributed by atoms with Crippen LogP contribution in [-0.4, -0.2) is 47.8 Å². The number of halogens is 2. The molecule has 0 saturated carbocycles. The Morgan fingerprint density at radius 2 is 2.05 bits per heavy atom. The van der Waals surface area contributed by atoms with Crippen molar-refractivity contribution in [3.63, 3.8) is 0 Å². The summed E-state index contributed by atoms with van der Waals surface area (Å²) in [6.07, 6.45) is -0.322. The van der Waals surface area contributed by atoms with Gasteiger partial charge in [0.25, 0.3) is 15.0 Å². The van der Waals surface area contributed by atoms with Gasteiger partial charge in [0, 0.05) is 31.4 Å². The average Bonchev–Trinajstić information content (AvgIpc) is 2.42. The molecule has 1 unspecified atom stereocenters. The summed E-state index contributed by atoms with van der Waals surface area (Å²) in [6.45, 7) is 0.498. The van der Waals surface area contributed by atoms with Crippen molar-refractivity contribution >= 4 is 37.2 Å². The summed E-state index contributed by atoms with van der Waals surface area (Å²) < 4.78 is 32.6. The number of hydrogen-bond donors (Lipinski definition) is 1.